The molecular weight excluding hydrogens is 234 g/mol. The monoisotopic (exact) mass is 247 g/mol. The van der Waals surface area contributed by atoms with Crippen LogP contribution in [0.4, 0.5) is 0 Å². The third kappa shape index (κ3) is 2.50. The molecule has 0 aromatic heterocycles. The van der Waals surface area contributed by atoms with Gasteiger partial charge in [-0.1, -0.05) is 42.6 Å². The van der Waals surface area contributed by atoms with Gasteiger partial charge in [0.15, 0.2) is 5.78 Å². The van der Waals surface area contributed by atoms with E-state index in [1.54, 1.807) is 18.2 Å². The summed E-state index contributed by atoms with van der Waals surface area (Å²) >= 11 is 6.05. The maximum absolute atomic E-state index is 12.2. The molecule has 3 heteroatoms. The summed E-state index contributed by atoms with van der Waals surface area (Å²) in [7, 11) is 0. The van der Waals surface area contributed by atoms with Gasteiger partial charge in [-0.15, -0.1) is 0 Å². The number of Topliss-reactive ketones (excluding diaryl/α,β-unsaturated/α-hetero) is 1. The van der Waals surface area contributed by atoms with Crippen LogP contribution in [0.15, 0.2) is 24.3 Å². The van der Waals surface area contributed by atoms with E-state index in [9.17, 15) is 10.1 Å². The van der Waals surface area contributed by atoms with Crippen LogP contribution in [-0.2, 0) is 4.79 Å². The molecule has 1 fully saturated rings. The first-order valence-corrected chi connectivity index (χ1v) is 6.29. The zero-order chi connectivity index (χ0) is 12.3. The summed E-state index contributed by atoms with van der Waals surface area (Å²) in [5, 5.41) is 9.71. The molecule has 17 heavy (non-hydrogen) atoms. The zero-order valence-electron chi connectivity index (χ0n) is 9.53. The summed E-state index contributed by atoms with van der Waals surface area (Å²) in [6.45, 7) is 0. The van der Waals surface area contributed by atoms with E-state index < -0.39 is 5.92 Å². The SMILES string of the molecule is N#CC(C(=O)C1CCCC1)c1ccccc1Cl. The molecule has 88 valence electrons. The van der Waals surface area contributed by atoms with Gasteiger partial charge in [-0.3, -0.25) is 4.79 Å². The summed E-state index contributed by atoms with van der Waals surface area (Å²) < 4.78 is 0. The minimum atomic E-state index is -0.702. The lowest BCUT2D eigenvalue weighted by Gasteiger charge is -2.14. The zero-order valence-corrected chi connectivity index (χ0v) is 10.3. The second-order valence-electron chi connectivity index (χ2n) is 4.47. The lowest BCUT2D eigenvalue weighted by Crippen LogP contribution is -2.19. The molecule has 1 aromatic carbocycles. The van der Waals surface area contributed by atoms with Crippen LogP contribution >= 0.6 is 11.6 Å². The normalized spacial score (nSPS) is 17.6. The van der Waals surface area contributed by atoms with Crippen molar-refractivity contribution in [1.29, 1.82) is 5.26 Å². The predicted molar refractivity (Wildman–Crippen MR) is 66.8 cm³/mol. The van der Waals surface area contributed by atoms with Crippen LogP contribution in [0.2, 0.25) is 5.02 Å². The number of nitriles is 1. The Morgan fingerprint density at radius 1 is 1.35 bits per heavy atom. The molecule has 2 rings (SSSR count). The van der Waals surface area contributed by atoms with Crippen molar-refractivity contribution in [3.63, 3.8) is 0 Å². The van der Waals surface area contributed by atoms with E-state index >= 15 is 0 Å². The van der Waals surface area contributed by atoms with Crippen molar-refractivity contribution in [3.05, 3.63) is 34.9 Å². The van der Waals surface area contributed by atoms with E-state index in [0.29, 0.717) is 10.6 Å². The average molecular weight is 248 g/mol. The van der Waals surface area contributed by atoms with Crippen molar-refractivity contribution in [2.45, 2.75) is 31.6 Å². The predicted octanol–water partition coefficient (Wildman–Crippen LogP) is 3.71. The Morgan fingerprint density at radius 3 is 2.59 bits per heavy atom. The Balaban J connectivity index is 2.25. The van der Waals surface area contributed by atoms with E-state index in [4.69, 9.17) is 11.6 Å². The van der Waals surface area contributed by atoms with E-state index in [1.807, 2.05) is 6.07 Å². The number of halogens is 1. The lowest BCUT2D eigenvalue weighted by atomic mass is 9.87. The molecule has 1 aliphatic carbocycles. The highest BCUT2D eigenvalue weighted by Gasteiger charge is 2.31. The van der Waals surface area contributed by atoms with Crippen molar-refractivity contribution in [2.24, 2.45) is 5.92 Å². The fourth-order valence-electron chi connectivity index (χ4n) is 2.44. The highest BCUT2D eigenvalue weighted by atomic mass is 35.5. The van der Waals surface area contributed by atoms with E-state index in [2.05, 4.69) is 6.07 Å². The van der Waals surface area contributed by atoms with Gasteiger partial charge in [0.25, 0.3) is 0 Å². The summed E-state index contributed by atoms with van der Waals surface area (Å²) in [6, 6.07) is 9.21. The minimum Gasteiger partial charge on any atom is -0.298 e. The van der Waals surface area contributed by atoms with Crippen LogP contribution in [0, 0.1) is 17.2 Å². The molecule has 1 aromatic rings. The molecule has 1 saturated carbocycles. The Bertz CT molecular complexity index is 458. The lowest BCUT2D eigenvalue weighted by molar-refractivity contribution is -0.123. The topological polar surface area (TPSA) is 40.9 Å². The summed E-state index contributed by atoms with van der Waals surface area (Å²) in [6.07, 6.45) is 4.02. The van der Waals surface area contributed by atoms with Gasteiger partial charge in [-0.05, 0) is 24.5 Å². The molecule has 0 aliphatic heterocycles. The van der Waals surface area contributed by atoms with E-state index in [1.165, 1.54) is 0 Å². The van der Waals surface area contributed by atoms with Gasteiger partial charge in [0.05, 0.1) is 6.07 Å². The van der Waals surface area contributed by atoms with Crippen LogP contribution in [0.5, 0.6) is 0 Å². The highest BCUT2D eigenvalue weighted by Crippen LogP contribution is 2.33. The summed E-state index contributed by atoms with van der Waals surface area (Å²) in [5.41, 5.74) is 0.647. The number of ketones is 1. The maximum atomic E-state index is 12.2. The number of hydrogen-bond acceptors (Lipinski definition) is 2. The van der Waals surface area contributed by atoms with Crippen molar-refractivity contribution in [1.82, 2.24) is 0 Å². The van der Waals surface area contributed by atoms with Gasteiger partial charge in [0.2, 0.25) is 0 Å². The molecule has 0 heterocycles. The van der Waals surface area contributed by atoms with Crippen molar-refractivity contribution in [3.8, 4) is 6.07 Å². The summed E-state index contributed by atoms with van der Waals surface area (Å²) in [5.74, 6) is -0.610. The molecule has 1 aliphatic rings. The Morgan fingerprint density at radius 2 is 2.00 bits per heavy atom. The smallest absolute Gasteiger partial charge is 0.157 e. The second-order valence-corrected chi connectivity index (χ2v) is 4.87. The van der Waals surface area contributed by atoms with E-state index in [-0.39, 0.29) is 11.7 Å². The number of hydrogen-bond donors (Lipinski definition) is 0. The number of carbonyl (C=O) groups excluding carboxylic acids is 1. The van der Waals surface area contributed by atoms with Gasteiger partial charge < -0.3 is 0 Å². The fourth-order valence-corrected chi connectivity index (χ4v) is 2.69. The van der Waals surface area contributed by atoms with Crippen LogP contribution in [0.1, 0.15) is 37.2 Å². The average Bonchev–Trinajstić information content (AvgIpc) is 2.86. The van der Waals surface area contributed by atoms with E-state index in [0.717, 1.165) is 25.7 Å². The van der Waals surface area contributed by atoms with Crippen molar-refractivity contribution in [2.75, 3.05) is 0 Å². The standard InChI is InChI=1S/C14H14ClNO/c15-13-8-4-3-7-11(13)12(9-16)14(17)10-5-1-2-6-10/h3-4,7-8,10,12H,1-2,5-6H2. The third-order valence-electron chi connectivity index (χ3n) is 3.39. The number of carbonyl (C=O) groups is 1. The van der Waals surface area contributed by atoms with Crippen molar-refractivity contribution < 1.29 is 4.79 Å². The second kappa shape index (κ2) is 5.33. The fraction of sp³-hybridized carbons (Fsp3) is 0.429. The molecule has 1 atom stereocenters. The van der Waals surface area contributed by atoms with Crippen molar-refractivity contribution >= 4 is 17.4 Å². The molecule has 0 saturated heterocycles. The maximum Gasteiger partial charge on any atom is 0.157 e. The van der Waals surface area contributed by atoms with Gasteiger partial charge in [-0.25, -0.2) is 0 Å². The molecule has 0 N–H and O–H groups in total. The van der Waals surface area contributed by atoms with Crippen LogP contribution in [-0.4, -0.2) is 5.78 Å². The number of nitrogens with zero attached hydrogens (tertiary/aromatic N) is 1. The Labute approximate surface area is 106 Å². The quantitative estimate of drug-likeness (QED) is 0.817. The van der Waals surface area contributed by atoms with Crippen LogP contribution in [0.3, 0.4) is 0 Å². The van der Waals surface area contributed by atoms with Gasteiger partial charge in [-0.2, -0.15) is 5.26 Å². The number of rotatable bonds is 3. The summed E-state index contributed by atoms with van der Waals surface area (Å²) in [4.78, 5) is 12.2. The molecule has 0 amide bonds. The third-order valence-corrected chi connectivity index (χ3v) is 3.73. The first kappa shape index (κ1) is 12.1. The molecular formula is C14H14ClNO. The molecule has 0 bridgehead atoms. The van der Waals surface area contributed by atoms with Gasteiger partial charge in [0.1, 0.15) is 5.92 Å². The molecule has 0 spiro atoms. The van der Waals surface area contributed by atoms with Crippen LogP contribution in [0.25, 0.3) is 0 Å². The molecule has 2 nitrogen and oxygen atoms in total. The molecule has 0 radical (unpaired) electrons. The minimum absolute atomic E-state index is 0.0399. The molecule has 1 unspecified atom stereocenters. The van der Waals surface area contributed by atoms with Gasteiger partial charge in [0, 0.05) is 10.9 Å². The first-order valence-electron chi connectivity index (χ1n) is 5.92. The Kier molecular flexibility index (Phi) is 3.81. The number of benzene rings is 1. The highest BCUT2D eigenvalue weighted by molar-refractivity contribution is 6.31. The largest absolute Gasteiger partial charge is 0.298 e. The first-order chi connectivity index (χ1) is 8.24. The van der Waals surface area contributed by atoms with Gasteiger partial charge >= 0.3 is 0 Å². The van der Waals surface area contributed by atoms with Crippen LogP contribution < -0.4 is 0 Å². The Hall–Kier alpha value is -1.33.